The Morgan fingerprint density at radius 2 is 1.59 bits per heavy atom. The van der Waals surface area contributed by atoms with Crippen LogP contribution < -0.4 is 0 Å². The highest BCUT2D eigenvalue weighted by molar-refractivity contribution is 7.44. The van der Waals surface area contributed by atoms with Crippen molar-refractivity contribution in [1.82, 2.24) is 4.67 Å². The predicted molar refractivity (Wildman–Crippen MR) is 76.1 cm³/mol. The second-order valence-corrected chi connectivity index (χ2v) is 6.44. The van der Waals surface area contributed by atoms with Gasteiger partial charge < -0.3 is 9.05 Å². The summed E-state index contributed by atoms with van der Waals surface area (Å²) < 4.78 is 13.7. The molecule has 3 nitrogen and oxygen atoms in total. The van der Waals surface area contributed by atoms with Crippen molar-refractivity contribution in [3.05, 3.63) is 0 Å². The highest BCUT2D eigenvalue weighted by Crippen LogP contribution is 2.45. The Morgan fingerprint density at radius 1 is 1.00 bits per heavy atom. The first-order chi connectivity index (χ1) is 8.04. The zero-order chi connectivity index (χ0) is 13.3. The van der Waals surface area contributed by atoms with Crippen LogP contribution in [0.25, 0.3) is 0 Å². The summed E-state index contributed by atoms with van der Waals surface area (Å²) in [7, 11) is 0.857. The van der Waals surface area contributed by atoms with Gasteiger partial charge in [0.05, 0.1) is 6.61 Å². The molecule has 1 atom stereocenters. The Bertz CT molecular complexity index is 169. The minimum Gasteiger partial charge on any atom is -0.325 e. The van der Waals surface area contributed by atoms with E-state index in [1.54, 1.807) is 7.11 Å². The van der Waals surface area contributed by atoms with Gasteiger partial charge in [-0.15, -0.1) is 0 Å². The molecule has 0 aliphatic rings. The number of nitrogens with zero attached hydrogens (tertiary/aromatic N) is 1. The molecular formula is C13H30NO2P. The lowest BCUT2D eigenvalue weighted by Gasteiger charge is -2.34. The van der Waals surface area contributed by atoms with Gasteiger partial charge in [-0.05, 0) is 34.1 Å². The van der Waals surface area contributed by atoms with Gasteiger partial charge >= 0.3 is 0 Å². The summed E-state index contributed by atoms with van der Waals surface area (Å²) >= 11 is 0. The molecule has 0 spiro atoms. The van der Waals surface area contributed by atoms with E-state index in [1.807, 2.05) is 0 Å². The van der Waals surface area contributed by atoms with Crippen molar-refractivity contribution in [3.8, 4) is 0 Å². The largest absolute Gasteiger partial charge is 0.325 e. The van der Waals surface area contributed by atoms with Crippen molar-refractivity contribution in [1.29, 1.82) is 0 Å². The van der Waals surface area contributed by atoms with Crippen LogP contribution in [0.3, 0.4) is 0 Å². The van der Waals surface area contributed by atoms with Crippen LogP contribution in [0, 0.1) is 0 Å². The molecule has 0 fully saturated rings. The van der Waals surface area contributed by atoms with Crippen molar-refractivity contribution in [2.24, 2.45) is 0 Å². The van der Waals surface area contributed by atoms with Gasteiger partial charge in [0, 0.05) is 19.2 Å². The van der Waals surface area contributed by atoms with Gasteiger partial charge in [-0.1, -0.05) is 26.2 Å². The van der Waals surface area contributed by atoms with Gasteiger partial charge in [-0.25, -0.2) is 4.67 Å². The smallest absolute Gasteiger partial charge is 0.258 e. The third kappa shape index (κ3) is 7.35. The summed E-state index contributed by atoms with van der Waals surface area (Å²) in [4.78, 5) is 0. The van der Waals surface area contributed by atoms with Gasteiger partial charge in [0.15, 0.2) is 0 Å². The summed E-state index contributed by atoms with van der Waals surface area (Å²) in [6, 6.07) is 0.911. The number of unbranched alkanes of at least 4 members (excludes halogenated alkanes) is 3. The molecule has 0 aromatic carbocycles. The summed E-state index contributed by atoms with van der Waals surface area (Å²) in [5.74, 6) is 0. The zero-order valence-electron chi connectivity index (χ0n) is 12.4. The van der Waals surface area contributed by atoms with Crippen LogP contribution in [0.5, 0.6) is 0 Å². The van der Waals surface area contributed by atoms with E-state index in [4.69, 9.17) is 9.05 Å². The topological polar surface area (TPSA) is 21.7 Å². The molecule has 0 N–H and O–H groups in total. The Kier molecular flexibility index (Phi) is 10.4. The average Bonchev–Trinajstić information content (AvgIpc) is 2.25. The molecule has 0 aromatic rings. The number of rotatable bonds is 10. The van der Waals surface area contributed by atoms with Gasteiger partial charge in [0.25, 0.3) is 8.53 Å². The maximum absolute atomic E-state index is 5.89. The third-order valence-corrected chi connectivity index (χ3v) is 4.62. The second kappa shape index (κ2) is 10.3. The van der Waals surface area contributed by atoms with E-state index in [0.717, 1.165) is 13.0 Å². The lowest BCUT2D eigenvalue weighted by molar-refractivity contribution is 0.192. The first kappa shape index (κ1) is 17.3. The maximum atomic E-state index is 5.89. The number of hydrogen-bond donors (Lipinski definition) is 0. The van der Waals surface area contributed by atoms with E-state index in [-0.39, 0.29) is 0 Å². The monoisotopic (exact) mass is 263 g/mol. The Labute approximate surface area is 109 Å². The van der Waals surface area contributed by atoms with Crippen molar-refractivity contribution in [2.75, 3.05) is 13.7 Å². The average molecular weight is 263 g/mol. The van der Waals surface area contributed by atoms with Crippen LogP contribution in [-0.4, -0.2) is 30.5 Å². The van der Waals surface area contributed by atoms with Gasteiger partial charge in [0.1, 0.15) is 0 Å². The number of hydrogen-bond acceptors (Lipinski definition) is 3. The minimum absolute atomic E-state index is 0.455. The Balaban J connectivity index is 4.02. The molecule has 0 heterocycles. The lowest BCUT2D eigenvalue weighted by Crippen LogP contribution is -2.33. The van der Waals surface area contributed by atoms with Gasteiger partial charge in [-0.3, -0.25) is 0 Å². The van der Waals surface area contributed by atoms with E-state index in [9.17, 15) is 0 Å². The van der Waals surface area contributed by atoms with Crippen LogP contribution >= 0.6 is 8.53 Å². The first-order valence-electron chi connectivity index (χ1n) is 6.79. The third-order valence-electron chi connectivity index (χ3n) is 2.60. The quantitative estimate of drug-likeness (QED) is 0.425. The fourth-order valence-electron chi connectivity index (χ4n) is 1.86. The lowest BCUT2D eigenvalue weighted by atomic mass is 10.2. The molecule has 0 bridgehead atoms. The summed E-state index contributed by atoms with van der Waals surface area (Å²) in [5.41, 5.74) is 0. The minimum atomic E-state index is -0.888. The molecule has 4 heteroatoms. The highest BCUT2D eigenvalue weighted by Gasteiger charge is 2.25. The SMILES string of the molecule is CCCCCCOP(OC)N(C(C)C)C(C)C. The zero-order valence-corrected chi connectivity index (χ0v) is 13.3. The van der Waals surface area contributed by atoms with Crippen molar-refractivity contribution in [3.63, 3.8) is 0 Å². The molecule has 104 valence electrons. The molecule has 17 heavy (non-hydrogen) atoms. The van der Waals surface area contributed by atoms with Crippen LogP contribution in [-0.2, 0) is 9.05 Å². The molecule has 0 aliphatic heterocycles. The highest BCUT2D eigenvalue weighted by atomic mass is 31.2. The normalized spacial score (nSPS) is 13.9. The van der Waals surface area contributed by atoms with Crippen molar-refractivity contribution < 1.29 is 9.05 Å². The molecule has 0 amide bonds. The van der Waals surface area contributed by atoms with Gasteiger partial charge in [-0.2, -0.15) is 0 Å². The molecule has 0 saturated heterocycles. The van der Waals surface area contributed by atoms with Crippen molar-refractivity contribution in [2.45, 2.75) is 72.4 Å². The summed E-state index contributed by atoms with van der Waals surface area (Å²) in [6.45, 7) is 11.8. The first-order valence-corrected chi connectivity index (χ1v) is 7.93. The molecule has 0 rings (SSSR count). The van der Waals surface area contributed by atoms with Gasteiger partial charge in [0.2, 0.25) is 0 Å². The summed E-state index contributed by atoms with van der Waals surface area (Å²) in [5, 5.41) is 0. The predicted octanol–water partition coefficient (Wildman–Crippen LogP) is 4.58. The second-order valence-electron chi connectivity index (χ2n) is 4.88. The Morgan fingerprint density at radius 3 is 2.00 bits per heavy atom. The fraction of sp³-hybridized carbons (Fsp3) is 1.00. The standard InChI is InChI=1S/C13H30NO2P/c1-7-8-9-10-11-16-17(15-6)14(12(2)3)13(4)5/h12-13H,7-11H2,1-6H3. The summed E-state index contributed by atoms with van der Waals surface area (Å²) in [6.07, 6.45) is 4.96. The van der Waals surface area contributed by atoms with Crippen LogP contribution in [0.4, 0.5) is 0 Å². The van der Waals surface area contributed by atoms with Crippen LogP contribution in [0.15, 0.2) is 0 Å². The maximum Gasteiger partial charge on any atom is 0.258 e. The Hall–Kier alpha value is 0.310. The molecule has 1 unspecified atom stereocenters. The van der Waals surface area contributed by atoms with Crippen LogP contribution in [0.1, 0.15) is 60.3 Å². The van der Waals surface area contributed by atoms with E-state index < -0.39 is 8.53 Å². The van der Waals surface area contributed by atoms with Crippen molar-refractivity contribution >= 4 is 8.53 Å². The van der Waals surface area contributed by atoms with E-state index >= 15 is 0 Å². The van der Waals surface area contributed by atoms with E-state index in [2.05, 4.69) is 39.3 Å². The molecule has 0 saturated carbocycles. The molecule has 0 aromatic heterocycles. The van der Waals surface area contributed by atoms with E-state index in [0.29, 0.717) is 12.1 Å². The molecule has 0 radical (unpaired) electrons. The van der Waals surface area contributed by atoms with E-state index in [1.165, 1.54) is 19.3 Å². The fourth-order valence-corrected chi connectivity index (χ4v) is 3.33. The van der Waals surface area contributed by atoms with Crippen LogP contribution in [0.2, 0.25) is 0 Å². The molecular weight excluding hydrogens is 233 g/mol. The molecule has 0 aliphatic carbocycles.